The molecular weight excluding hydrogens is 504 g/mol. The Morgan fingerprint density at radius 3 is 2.26 bits per heavy atom. The summed E-state index contributed by atoms with van der Waals surface area (Å²) in [5, 5.41) is 11.7. The van der Waals surface area contributed by atoms with Crippen LogP contribution in [0, 0.1) is 0 Å². The number of hydrogen-bond acceptors (Lipinski definition) is 6. The number of benzene rings is 3. The molecule has 7 nitrogen and oxygen atoms in total. The van der Waals surface area contributed by atoms with Crippen molar-refractivity contribution in [3.8, 4) is 5.69 Å². The lowest BCUT2D eigenvalue weighted by Crippen LogP contribution is -2.25. The molecule has 0 saturated heterocycles. The van der Waals surface area contributed by atoms with E-state index in [0.29, 0.717) is 28.0 Å². The Bertz CT molecular complexity index is 1410. The minimum Gasteiger partial charge on any atom is -0.324 e. The summed E-state index contributed by atoms with van der Waals surface area (Å²) >= 11 is 7.42. The lowest BCUT2D eigenvalue weighted by atomic mass is 10.2. The standard InChI is InChI=1S/C25H23ClN4O3S2/c1-2-22(24(31)27-21-16-10-9-15-20(21)26)34-25-29-28-23(30(25)18-11-5-3-6-12-18)17-35(32,33)19-13-7-4-8-14-19/h3-16,22H,2,17H2,1H3,(H,27,31). The number of carbonyl (C=O) groups is 1. The zero-order valence-electron chi connectivity index (χ0n) is 18.8. The van der Waals surface area contributed by atoms with E-state index in [0.717, 1.165) is 0 Å². The first-order chi connectivity index (χ1) is 16.9. The van der Waals surface area contributed by atoms with Crippen LogP contribution in [0.4, 0.5) is 5.69 Å². The fraction of sp³-hybridized carbons (Fsp3) is 0.160. The van der Waals surface area contributed by atoms with Gasteiger partial charge < -0.3 is 5.32 Å². The van der Waals surface area contributed by atoms with Crippen molar-refractivity contribution in [3.05, 3.63) is 95.8 Å². The van der Waals surface area contributed by atoms with E-state index < -0.39 is 15.1 Å². The minimum absolute atomic E-state index is 0.211. The molecule has 35 heavy (non-hydrogen) atoms. The average molecular weight is 527 g/mol. The maximum absolute atomic E-state index is 13.1. The molecule has 10 heteroatoms. The summed E-state index contributed by atoms with van der Waals surface area (Å²) in [4.78, 5) is 13.2. The van der Waals surface area contributed by atoms with Crippen LogP contribution in [0.5, 0.6) is 0 Å². The van der Waals surface area contributed by atoms with E-state index in [4.69, 9.17) is 11.6 Å². The van der Waals surface area contributed by atoms with Gasteiger partial charge in [0.2, 0.25) is 5.91 Å². The molecule has 4 aromatic rings. The minimum atomic E-state index is -3.65. The Hall–Kier alpha value is -3.14. The number of sulfone groups is 1. The highest BCUT2D eigenvalue weighted by Gasteiger charge is 2.26. The molecule has 1 N–H and O–H groups in total. The number of amides is 1. The van der Waals surface area contributed by atoms with Gasteiger partial charge in [-0.05, 0) is 42.8 Å². The summed E-state index contributed by atoms with van der Waals surface area (Å²) < 4.78 is 27.8. The molecule has 1 unspecified atom stereocenters. The number of para-hydroxylation sites is 2. The van der Waals surface area contributed by atoms with Crippen LogP contribution < -0.4 is 5.32 Å². The second-order valence-electron chi connectivity index (χ2n) is 7.63. The molecule has 1 heterocycles. The fourth-order valence-corrected chi connectivity index (χ4v) is 5.85. The molecule has 1 amide bonds. The molecule has 0 aliphatic rings. The van der Waals surface area contributed by atoms with Crippen LogP contribution in [0.25, 0.3) is 5.69 Å². The Labute approximate surface area is 213 Å². The number of carbonyl (C=O) groups excluding carboxylic acids is 1. The molecular formula is C25H23ClN4O3S2. The van der Waals surface area contributed by atoms with Crippen molar-refractivity contribution in [2.24, 2.45) is 0 Å². The molecule has 4 rings (SSSR count). The highest BCUT2D eigenvalue weighted by atomic mass is 35.5. The molecule has 0 fully saturated rings. The number of thioether (sulfide) groups is 1. The van der Waals surface area contributed by atoms with Gasteiger partial charge in [0.1, 0.15) is 5.75 Å². The molecule has 1 aromatic heterocycles. The van der Waals surface area contributed by atoms with Gasteiger partial charge in [0.25, 0.3) is 0 Å². The second-order valence-corrected chi connectivity index (χ2v) is 11.2. The van der Waals surface area contributed by atoms with E-state index in [1.54, 1.807) is 59.2 Å². The Morgan fingerprint density at radius 2 is 1.60 bits per heavy atom. The fourth-order valence-electron chi connectivity index (χ4n) is 3.41. The maximum atomic E-state index is 13.1. The van der Waals surface area contributed by atoms with Gasteiger partial charge in [-0.25, -0.2) is 8.42 Å². The molecule has 0 radical (unpaired) electrons. The van der Waals surface area contributed by atoms with Crippen molar-refractivity contribution >= 4 is 44.8 Å². The van der Waals surface area contributed by atoms with E-state index in [2.05, 4.69) is 15.5 Å². The second kappa shape index (κ2) is 11.1. The van der Waals surface area contributed by atoms with E-state index >= 15 is 0 Å². The van der Waals surface area contributed by atoms with Crippen molar-refractivity contribution in [3.63, 3.8) is 0 Å². The predicted molar refractivity (Wildman–Crippen MR) is 139 cm³/mol. The van der Waals surface area contributed by atoms with Crippen LogP contribution in [-0.4, -0.2) is 34.3 Å². The van der Waals surface area contributed by atoms with Crippen molar-refractivity contribution in [1.82, 2.24) is 14.8 Å². The third-order valence-electron chi connectivity index (χ3n) is 5.18. The van der Waals surface area contributed by atoms with Crippen LogP contribution in [-0.2, 0) is 20.4 Å². The largest absolute Gasteiger partial charge is 0.324 e. The highest BCUT2D eigenvalue weighted by molar-refractivity contribution is 8.00. The summed E-state index contributed by atoms with van der Waals surface area (Å²) in [6.45, 7) is 1.90. The summed E-state index contributed by atoms with van der Waals surface area (Å²) in [6.07, 6.45) is 0.514. The SMILES string of the molecule is CCC(Sc1nnc(CS(=O)(=O)c2ccccc2)n1-c1ccccc1)C(=O)Nc1ccccc1Cl. The molecule has 0 spiro atoms. The van der Waals surface area contributed by atoms with Crippen LogP contribution in [0.3, 0.4) is 0 Å². The zero-order valence-corrected chi connectivity index (χ0v) is 21.2. The number of anilines is 1. The van der Waals surface area contributed by atoms with Gasteiger partial charge in [-0.3, -0.25) is 9.36 Å². The summed E-state index contributed by atoms with van der Waals surface area (Å²) in [7, 11) is -3.65. The van der Waals surface area contributed by atoms with E-state index in [9.17, 15) is 13.2 Å². The quantitative estimate of drug-likeness (QED) is 0.293. The number of hydrogen-bond donors (Lipinski definition) is 1. The number of rotatable bonds is 9. The monoisotopic (exact) mass is 526 g/mol. The molecule has 180 valence electrons. The Kier molecular flexibility index (Phi) is 7.90. The first kappa shape index (κ1) is 25.0. The zero-order chi connectivity index (χ0) is 24.8. The van der Waals surface area contributed by atoms with Crippen molar-refractivity contribution in [2.75, 3.05) is 5.32 Å². The Balaban J connectivity index is 1.65. The predicted octanol–water partition coefficient (Wildman–Crippen LogP) is 5.40. The molecule has 1 atom stereocenters. The van der Waals surface area contributed by atoms with Gasteiger partial charge in [0.15, 0.2) is 20.8 Å². The first-order valence-corrected chi connectivity index (χ1v) is 13.8. The summed E-state index contributed by atoms with van der Waals surface area (Å²) in [5.41, 5.74) is 1.23. The smallest absolute Gasteiger partial charge is 0.238 e. The number of nitrogens with one attached hydrogen (secondary N) is 1. The molecule has 0 bridgehead atoms. The summed E-state index contributed by atoms with van der Waals surface area (Å²) in [6, 6.07) is 24.5. The first-order valence-electron chi connectivity index (χ1n) is 10.9. The van der Waals surface area contributed by atoms with Crippen LogP contribution in [0.1, 0.15) is 19.2 Å². The topological polar surface area (TPSA) is 93.9 Å². The highest BCUT2D eigenvalue weighted by Crippen LogP contribution is 2.30. The van der Waals surface area contributed by atoms with Gasteiger partial charge >= 0.3 is 0 Å². The summed E-state index contributed by atoms with van der Waals surface area (Å²) in [5.74, 6) is -0.294. The van der Waals surface area contributed by atoms with Crippen molar-refractivity contribution < 1.29 is 13.2 Å². The van der Waals surface area contributed by atoms with Gasteiger partial charge in [0.05, 0.1) is 20.9 Å². The van der Waals surface area contributed by atoms with Gasteiger partial charge in [-0.1, -0.05) is 78.8 Å². The Morgan fingerprint density at radius 1 is 0.971 bits per heavy atom. The molecule has 0 saturated carbocycles. The number of aromatic nitrogens is 3. The van der Waals surface area contributed by atoms with Crippen LogP contribution >= 0.6 is 23.4 Å². The van der Waals surface area contributed by atoms with E-state index in [1.807, 2.05) is 37.3 Å². The third-order valence-corrected chi connectivity index (χ3v) is 8.44. The normalized spacial score (nSPS) is 12.3. The van der Waals surface area contributed by atoms with Gasteiger partial charge in [0, 0.05) is 5.69 Å². The molecule has 3 aromatic carbocycles. The van der Waals surface area contributed by atoms with Crippen molar-refractivity contribution in [2.45, 2.75) is 34.4 Å². The number of halogens is 1. The lowest BCUT2D eigenvalue weighted by molar-refractivity contribution is -0.115. The van der Waals surface area contributed by atoms with E-state index in [-0.39, 0.29) is 22.4 Å². The lowest BCUT2D eigenvalue weighted by Gasteiger charge is -2.16. The van der Waals surface area contributed by atoms with Gasteiger partial charge in [-0.15, -0.1) is 10.2 Å². The third kappa shape index (κ3) is 5.93. The maximum Gasteiger partial charge on any atom is 0.238 e. The van der Waals surface area contributed by atoms with E-state index in [1.165, 1.54) is 11.8 Å². The average Bonchev–Trinajstić information content (AvgIpc) is 3.26. The van der Waals surface area contributed by atoms with Crippen LogP contribution in [0.2, 0.25) is 5.02 Å². The van der Waals surface area contributed by atoms with Gasteiger partial charge in [-0.2, -0.15) is 0 Å². The molecule has 0 aliphatic heterocycles. The van der Waals surface area contributed by atoms with Crippen molar-refractivity contribution in [1.29, 1.82) is 0 Å². The number of nitrogens with zero attached hydrogens (tertiary/aromatic N) is 3. The molecule has 0 aliphatic carbocycles. The van der Waals surface area contributed by atoms with Crippen LogP contribution in [0.15, 0.2) is 95.0 Å².